The summed E-state index contributed by atoms with van der Waals surface area (Å²) in [4.78, 5) is 30.6. The molecule has 6 heteroatoms. The van der Waals surface area contributed by atoms with E-state index in [4.69, 9.17) is 16.3 Å². The van der Waals surface area contributed by atoms with E-state index in [-0.39, 0.29) is 17.5 Å². The standard InChI is InChI=1S/C18H21ClN2O3/c1-3-5-8-12-9-6-7-10-13(12)15(18(23)24-4-2)17-20-14(11-22)16(19)21-17/h6-7,9-11,15H,3-5,8H2,1-2H3,(H,20,21). The lowest BCUT2D eigenvalue weighted by molar-refractivity contribution is -0.144. The van der Waals surface area contributed by atoms with Crippen molar-refractivity contribution in [1.29, 1.82) is 0 Å². The first kappa shape index (κ1) is 18.2. The Morgan fingerprint density at radius 2 is 2.12 bits per heavy atom. The minimum atomic E-state index is -0.732. The summed E-state index contributed by atoms with van der Waals surface area (Å²) in [5.41, 5.74) is 2.05. The van der Waals surface area contributed by atoms with Gasteiger partial charge in [-0.25, -0.2) is 4.98 Å². The number of nitrogens with zero attached hydrogens (tertiary/aromatic N) is 1. The third-order valence-electron chi connectivity index (χ3n) is 3.78. The van der Waals surface area contributed by atoms with Gasteiger partial charge < -0.3 is 9.72 Å². The van der Waals surface area contributed by atoms with Gasteiger partial charge in [-0.05, 0) is 30.9 Å². The molecule has 0 spiro atoms. The molecule has 0 fully saturated rings. The number of unbranched alkanes of at least 4 members (excludes halogenated alkanes) is 1. The zero-order valence-electron chi connectivity index (χ0n) is 13.8. The normalized spacial score (nSPS) is 12.0. The molecule has 1 unspecified atom stereocenters. The van der Waals surface area contributed by atoms with E-state index in [2.05, 4.69) is 16.9 Å². The van der Waals surface area contributed by atoms with Crippen LogP contribution in [0, 0.1) is 0 Å². The van der Waals surface area contributed by atoms with Crippen molar-refractivity contribution >= 4 is 23.9 Å². The Hall–Kier alpha value is -2.14. The van der Waals surface area contributed by atoms with Gasteiger partial charge in [0.25, 0.3) is 0 Å². The number of halogens is 1. The fourth-order valence-electron chi connectivity index (χ4n) is 2.62. The highest BCUT2D eigenvalue weighted by molar-refractivity contribution is 6.31. The second-order valence-electron chi connectivity index (χ2n) is 5.43. The number of hydrogen-bond acceptors (Lipinski definition) is 4. The van der Waals surface area contributed by atoms with E-state index in [9.17, 15) is 9.59 Å². The second-order valence-corrected chi connectivity index (χ2v) is 5.79. The van der Waals surface area contributed by atoms with Gasteiger partial charge in [-0.1, -0.05) is 49.2 Å². The van der Waals surface area contributed by atoms with Crippen LogP contribution in [0.15, 0.2) is 24.3 Å². The lowest BCUT2D eigenvalue weighted by Crippen LogP contribution is -2.20. The van der Waals surface area contributed by atoms with Crippen LogP contribution in [-0.2, 0) is 16.0 Å². The van der Waals surface area contributed by atoms with Crippen molar-refractivity contribution in [2.24, 2.45) is 0 Å². The number of ether oxygens (including phenoxy) is 1. The third-order valence-corrected chi connectivity index (χ3v) is 4.07. The van der Waals surface area contributed by atoms with E-state index in [1.54, 1.807) is 6.92 Å². The smallest absolute Gasteiger partial charge is 0.321 e. The molecule has 1 heterocycles. The number of carbonyl (C=O) groups is 2. The molecule has 2 aromatic rings. The fourth-order valence-corrected chi connectivity index (χ4v) is 2.80. The Morgan fingerprint density at radius 1 is 1.38 bits per heavy atom. The summed E-state index contributed by atoms with van der Waals surface area (Å²) in [7, 11) is 0. The Morgan fingerprint density at radius 3 is 2.75 bits per heavy atom. The number of aromatic amines is 1. The predicted molar refractivity (Wildman–Crippen MR) is 92.5 cm³/mol. The number of esters is 1. The summed E-state index contributed by atoms with van der Waals surface area (Å²) in [5.74, 6) is -0.821. The lowest BCUT2D eigenvalue weighted by atomic mass is 9.91. The zero-order chi connectivity index (χ0) is 17.5. The van der Waals surface area contributed by atoms with Crippen LogP contribution in [-0.4, -0.2) is 28.8 Å². The maximum Gasteiger partial charge on any atom is 0.321 e. The predicted octanol–water partition coefficient (Wildman–Crippen LogP) is 3.91. The van der Waals surface area contributed by atoms with E-state index in [1.807, 2.05) is 24.3 Å². The number of H-pyrrole nitrogens is 1. The van der Waals surface area contributed by atoms with Crippen molar-refractivity contribution < 1.29 is 14.3 Å². The fraction of sp³-hybridized carbons (Fsp3) is 0.389. The van der Waals surface area contributed by atoms with Crippen molar-refractivity contribution in [3.05, 3.63) is 52.1 Å². The van der Waals surface area contributed by atoms with Crippen LogP contribution in [0.4, 0.5) is 0 Å². The summed E-state index contributed by atoms with van der Waals surface area (Å²) < 4.78 is 5.22. The highest BCUT2D eigenvalue weighted by atomic mass is 35.5. The molecule has 1 N–H and O–H groups in total. The number of hydrogen-bond donors (Lipinski definition) is 1. The Bertz CT molecular complexity index is 712. The molecule has 2 rings (SSSR count). The van der Waals surface area contributed by atoms with Crippen molar-refractivity contribution in [2.45, 2.75) is 39.0 Å². The number of aldehydes is 1. The first-order valence-electron chi connectivity index (χ1n) is 8.07. The van der Waals surface area contributed by atoms with Gasteiger partial charge in [0.2, 0.25) is 0 Å². The lowest BCUT2D eigenvalue weighted by Gasteiger charge is -2.17. The number of nitrogens with one attached hydrogen (secondary N) is 1. The van der Waals surface area contributed by atoms with E-state index in [1.165, 1.54) is 0 Å². The Balaban J connectivity index is 2.50. The summed E-state index contributed by atoms with van der Waals surface area (Å²) in [6.07, 6.45) is 3.52. The van der Waals surface area contributed by atoms with Crippen LogP contribution in [0.25, 0.3) is 0 Å². The van der Waals surface area contributed by atoms with Gasteiger partial charge in [-0.3, -0.25) is 9.59 Å². The van der Waals surface area contributed by atoms with Crippen LogP contribution in [0.5, 0.6) is 0 Å². The van der Waals surface area contributed by atoms with Crippen LogP contribution in [0.3, 0.4) is 0 Å². The van der Waals surface area contributed by atoms with Gasteiger partial charge in [0, 0.05) is 0 Å². The molecule has 1 aromatic carbocycles. The van der Waals surface area contributed by atoms with Crippen molar-refractivity contribution in [2.75, 3.05) is 6.61 Å². The molecule has 128 valence electrons. The first-order chi connectivity index (χ1) is 11.6. The highest BCUT2D eigenvalue weighted by Crippen LogP contribution is 2.29. The van der Waals surface area contributed by atoms with Gasteiger partial charge >= 0.3 is 5.97 Å². The van der Waals surface area contributed by atoms with Gasteiger partial charge in [0.15, 0.2) is 11.4 Å². The molecule has 0 radical (unpaired) electrons. The Kier molecular flexibility index (Phi) is 6.55. The molecule has 1 aromatic heterocycles. The highest BCUT2D eigenvalue weighted by Gasteiger charge is 2.30. The van der Waals surface area contributed by atoms with Gasteiger partial charge in [0.1, 0.15) is 17.4 Å². The topological polar surface area (TPSA) is 72.0 Å². The quantitative estimate of drug-likeness (QED) is 0.579. The SMILES string of the molecule is CCCCc1ccccc1C(C(=O)OCC)c1nc(Cl)c(C=O)[nH]1. The number of benzene rings is 1. The first-order valence-corrected chi connectivity index (χ1v) is 8.45. The number of imidazole rings is 1. The second kappa shape index (κ2) is 8.64. The minimum Gasteiger partial charge on any atom is -0.465 e. The monoisotopic (exact) mass is 348 g/mol. The molecule has 0 aliphatic heterocycles. The number of aryl methyl sites for hydroxylation is 1. The van der Waals surface area contributed by atoms with E-state index in [0.29, 0.717) is 12.1 Å². The number of aromatic nitrogens is 2. The van der Waals surface area contributed by atoms with Crippen molar-refractivity contribution in [1.82, 2.24) is 9.97 Å². The summed E-state index contributed by atoms with van der Waals surface area (Å²) in [6.45, 7) is 4.14. The Labute approximate surface area is 146 Å². The van der Waals surface area contributed by atoms with Crippen LogP contribution >= 0.6 is 11.6 Å². The van der Waals surface area contributed by atoms with Gasteiger partial charge in [-0.15, -0.1) is 0 Å². The molecular weight excluding hydrogens is 328 g/mol. The zero-order valence-corrected chi connectivity index (χ0v) is 14.6. The minimum absolute atomic E-state index is 0.0559. The van der Waals surface area contributed by atoms with Gasteiger partial charge in [-0.2, -0.15) is 0 Å². The number of carbonyl (C=O) groups excluding carboxylic acids is 2. The maximum absolute atomic E-state index is 12.6. The van der Waals surface area contributed by atoms with Crippen LogP contribution < -0.4 is 0 Å². The molecule has 0 saturated carbocycles. The molecule has 0 amide bonds. The number of rotatable bonds is 8. The van der Waals surface area contributed by atoms with E-state index in [0.717, 1.165) is 30.4 Å². The molecule has 0 bridgehead atoms. The van der Waals surface area contributed by atoms with Crippen LogP contribution in [0.1, 0.15) is 60.0 Å². The largest absolute Gasteiger partial charge is 0.465 e. The summed E-state index contributed by atoms with van der Waals surface area (Å²) >= 11 is 5.96. The molecule has 0 saturated heterocycles. The van der Waals surface area contributed by atoms with Gasteiger partial charge in [0.05, 0.1) is 6.61 Å². The summed E-state index contributed by atoms with van der Waals surface area (Å²) in [5, 5.41) is 0.0559. The average molecular weight is 349 g/mol. The molecule has 1 atom stereocenters. The third kappa shape index (κ3) is 4.03. The van der Waals surface area contributed by atoms with Crippen molar-refractivity contribution in [3.8, 4) is 0 Å². The van der Waals surface area contributed by atoms with E-state index >= 15 is 0 Å². The molecule has 5 nitrogen and oxygen atoms in total. The molecule has 24 heavy (non-hydrogen) atoms. The molecule has 0 aliphatic carbocycles. The van der Waals surface area contributed by atoms with Crippen LogP contribution in [0.2, 0.25) is 5.15 Å². The molecular formula is C18H21ClN2O3. The van der Waals surface area contributed by atoms with E-state index < -0.39 is 11.9 Å². The van der Waals surface area contributed by atoms with Crippen molar-refractivity contribution in [3.63, 3.8) is 0 Å². The summed E-state index contributed by atoms with van der Waals surface area (Å²) in [6, 6.07) is 7.72. The maximum atomic E-state index is 12.6. The average Bonchev–Trinajstić information content (AvgIpc) is 2.95. The molecule has 0 aliphatic rings.